The highest BCUT2D eigenvalue weighted by Crippen LogP contribution is 2.25. The molecule has 2 rings (SSSR count). The zero-order valence-corrected chi connectivity index (χ0v) is 18.3. The van der Waals surface area contributed by atoms with Crippen molar-refractivity contribution in [2.45, 2.75) is 72.3 Å². The minimum atomic E-state index is 0.0650. The molecular weight excluding hydrogens is 350 g/mol. The lowest BCUT2D eigenvalue weighted by atomic mass is 9.88. The van der Waals surface area contributed by atoms with E-state index in [0.717, 1.165) is 44.2 Å². The lowest BCUT2D eigenvalue weighted by Gasteiger charge is -2.32. The Morgan fingerprint density at radius 1 is 1.18 bits per heavy atom. The van der Waals surface area contributed by atoms with Crippen LogP contribution < -0.4 is 0 Å². The van der Waals surface area contributed by atoms with E-state index in [1.165, 1.54) is 6.42 Å². The summed E-state index contributed by atoms with van der Waals surface area (Å²) in [5, 5.41) is 0. The summed E-state index contributed by atoms with van der Waals surface area (Å²) < 4.78 is 2.06. The first kappa shape index (κ1) is 22.5. The summed E-state index contributed by atoms with van der Waals surface area (Å²) in [5.74, 6) is 0.771. The third kappa shape index (κ3) is 6.68. The summed E-state index contributed by atoms with van der Waals surface area (Å²) in [6, 6.07) is 4.07. The molecule has 1 aromatic rings. The average Bonchev–Trinajstić information content (AvgIpc) is 3.08. The van der Waals surface area contributed by atoms with Crippen LogP contribution in [0.25, 0.3) is 0 Å². The monoisotopic (exact) mass is 389 g/mol. The molecule has 0 aromatic carbocycles. The van der Waals surface area contributed by atoms with Gasteiger partial charge in [-0.05, 0) is 37.3 Å². The number of hydrogen-bond acceptors (Lipinski definition) is 2. The largest absolute Gasteiger partial charge is 0.353 e. The molecule has 0 saturated heterocycles. The Hall–Kier alpha value is -1.78. The lowest BCUT2D eigenvalue weighted by molar-refractivity contribution is -0.144. The van der Waals surface area contributed by atoms with Crippen molar-refractivity contribution in [3.63, 3.8) is 0 Å². The summed E-state index contributed by atoms with van der Waals surface area (Å²) in [6.45, 7) is 8.61. The van der Waals surface area contributed by atoms with E-state index < -0.39 is 0 Å². The van der Waals surface area contributed by atoms with Gasteiger partial charge < -0.3 is 14.4 Å². The second-order valence-electron chi connectivity index (χ2n) is 8.73. The van der Waals surface area contributed by atoms with Crippen molar-refractivity contribution < 1.29 is 9.59 Å². The fraction of sp³-hybridized carbons (Fsp3) is 0.739. The van der Waals surface area contributed by atoms with Crippen LogP contribution in [0.5, 0.6) is 0 Å². The highest BCUT2D eigenvalue weighted by atomic mass is 16.2. The van der Waals surface area contributed by atoms with E-state index in [2.05, 4.69) is 31.4 Å². The summed E-state index contributed by atoms with van der Waals surface area (Å²) in [4.78, 5) is 30.1. The Balaban J connectivity index is 2.08. The van der Waals surface area contributed by atoms with Gasteiger partial charge >= 0.3 is 0 Å². The van der Waals surface area contributed by atoms with Gasteiger partial charge in [0.05, 0.1) is 13.1 Å². The molecule has 0 radical (unpaired) electrons. The number of hydrogen-bond donors (Lipinski definition) is 0. The van der Waals surface area contributed by atoms with Gasteiger partial charge in [0.25, 0.3) is 0 Å². The van der Waals surface area contributed by atoms with Crippen molar-refractivity contribution in [2.75, 3.05) is 19.6 Å². The molecule has 0 aliphatic heterocycles. The van der Waals surface area contributed by atoms with E-state index in [-0.39, 0.29) is 24.3 Å². The van der Waals surface area contributed by atoms with Crippen LogP contribution in [0.4, 0.5) is 0 Å². The topological polar surface area (TPSA) is 45.6 Å². The molecular formula is C23H39N3O2. The molecule has 0 N–H and O–H groups in total. The summed E-state index contributed by atoms with van der Waals surface area (Å²) in [6.07, 6.45) is 9.46. The number of carbonyl (C=O) groups is 2. The zero-order valence-electron chi connectivity index (χ0n) is 18.3. The highest BCUT2D eigenvalue weighted by Gasteiger charge is 2.28. The second kappa shape index (κ2) is 11.3. The summed E-state index contributed by atoms with van der Waals surface area (Å²) in [5.41, 5.74) is 1.12. The zero-order chi connectivity index (χ0) is 20.5. The Bertz CT molecular complexity index is 617. The van der Waals surface area contributed by atoms with Gasteiger partial charge in [-0.3, -0.25) is 9.59 Å². The third-order valence-corrected chi connectivity index (χ3v) is 5.72. The van der Waals surface area contributed by atoms with Gasteiger partial charge in [0.15, 0.2) is 0 Å². The number of aryl methyl sites for hydroxylation is 1. The van der Waals surface area contributed by atoms with Gasteiger partial charge in [0.1, 0.15) is 0 Å². The van der Waals surface area contributed by atoms with Crippen LogP contribution in [0.1, 0.15) is 71.4 Å². The highest BCUT2D eigenvalue weighted by molar-refractivity contribution is 5.86. The van der Waals surface area contributed by atoms with Crippen molar-refractivity contribution >= 4 is 11.8 Å². The number of carbonyl (C=O) groups excluding carboxylic acids is 2. The van der Waals surface area contributed by atoms with Crippen LogP contribution in [-0.4, -0.2) is 45.8 Å². The van der Waals surface area contributed by atoms with Crippen molar-refractivity contribution in [1.82, 2.24) is 14.4 Å². The molecule has 158 valence electrons. The van der Waals surface area contributed by atoms with E-state index in [1.807, 2.05) is 29.1 Å². The van der Waals surface area contributed by atoms with Crippen molar-refractivity contribution in [3.8, 4) is 0 Å². The van der Waals surface area contributed by atoms with E-state index in [0.29, 0.717) is 25.6 Å². The first-order valence-corrected chi connectivity index (χ1v) is 11.1. The first-order valence-electron chi connectivity index (χ1n) is 11.1. The SMILES string of the molecule is CCCCN(CC(=O)N(Cc1cccn1C)CC(C)C)C(=O)C1CCCCC1. The quantitative estimate of drug-likeness (QED) is 0.601. The van der Waals surface area contributed by atoms with Gasteiger partial charge in [-0.15, -0.1) is 0 Å². The average molecular weight is 390 g/mol. The van der Waals surface area contributed by atoms with Gasteiger partial charge in [-0.2, -0.15) is 0 Å². The molecule has 1 fully saturated rings. The van der Waals surface area contributed by atoms with E-state index in [9.17, 15) is 9.59 Å². The van der Waals surface area contributed by atoms with Crippen molar-refractivity contribution in [1.29, 1.82) is 0 Å². The van der Waals surface area contributed by atoms with E-state index >= 15 is 0 Å². The molecule has 2 amide bonds. The van der Waals surface area contributed by atoms with Crippen molar-refractivity contribution in [2.24, 2.45) is 18.9 Å². The molecule has 0 spiro atoms. The van der Waals surface area contributed by atoms with Gasteiger partial charge in [0, 0.05) is 37.9 Å². The number of rotatable bonds is 10. The lowest BCUT2D eigenvalue weighted by Crippen LogP contribution is -2.46. The van der Waals surface area contributed by atoms with Crippen LogP contribution >= 0.6 is 0 Å². The molecule has 5 heteroatoms. The molecule has 0 atom stereocenters. The van der Waals surface area contributed by atoms with Gasteiger partial charge in [-0.1, -0.05) is 46.5 Å². The number of unbranched alkanes of at least 4 members (excludes halogenated alkanes) is 1. The Morgan fingerprint density at radius 2 is 1.89 bits per heavy atom. The molecule has 28 heavy (non-hydrogen) atoms. The smallest absolute Gasteiger partial charge is 0.242 e. The molecule has 1 heterocycles. The minimum Gasteiger partial charge on any atom is -0.353 e. The van der Waals surface area contributed by atoms with E-state index in [1.54, 1.807) is 0 Å². The van der Waals surface area contributed by atoms with Crippen LogP contribution in [0, 0.1) is 11.8 Å². The summed E-state index contributed by atoms with van der Waals surface area (Å²) in [7, 11) is 2.01. The number of nitrogens with zero attached hydrogens (tertiary/aromatic N) is 3. The standard InChI is InChI=1S/C23H39N3O2/c1-5-6-15-25(23(28)20-11-8-7-9-12-20)18-22(27)26(16-19(2)3)17-21-13-10-14-24(21)4/h10,13-14,19-20H,5-9,11-12,15-18H2,1-4H3. The molecule has 1 aromatic heterocycles. The Labute approximate surface area is 171 Å². The maximum Gasteiger partial charge on any atom is 0.242 e. The van der Waals surface area contributed by atoms with Crippen LogP contribution in [0.15, 0.2) is 18.3 Å². The normalized spacial score (nSPS) is 15.0. The predicted octanol–water partition coefficient (Wildman–Crippen LogP) is 4.22. The minimum absolute atomic E-state index is 0.0650. The summed E-state index contributed by atoms with van der Waals surface area (Å²) >= 11 is 0. The second-order valence-corrected chi connectivity index (χ2v) is 8.73. The first-order chi connectivity index (χ1) is 13.4. The molecule has 1 aliphatic rings. The van der Waals surface area contributed by atoms with Gasteiger partial charge in [0.2, 0.25) is 11.8 Å². The maximum atomic E-state index is 13.2. The number of amides is 2. The predicted molar refractivity (Wildman–Crippen MR) is 114 cm³/mol. The number of aromatic nitrogens is 1. The van der Waals surface area contributed by atoms with Crippen molar-refractivity contribution in [3.05, 3.63) is 24.0 Å². The Morgan fingerprint density at radius 3 is 2.46 bits per heavy atom. The molecule has 0 bridgehead atoms. The van der Waals surface area contributed by atoms with Gasteiger partial charge in [-0.25, -0.2) is 0 Å². The maximum absolute atomic E-state index is 13.2. The molecule has 1 aliphatic carbocycles. The fourth-order valence-corrected chi connectivity index (χ4v) is 4.04. The van der Waals surface area contributed by atoms with Crippen LogP contribution in [-0.2, 0) is 23.2 Å². The Kier molecular flexibility index (Phi) is 9.07. The van der Waals surface area contributed by atoms with Crippen LogP contribution in [0.2, 0.25) is 0 Å². The molecule has 0 unspecified atom stereocenters. The molecule has 5 nitrogen and oxygen atoms in total. The fourth-order valence-electron chi connectivity index (χ4n) is 4.04. The van der Waals surface area contributed by atoms with Crippen LogP contribution in [0.3, 0.4) is 0 Å². The van der Waals surface area contributed by atoms with E-state index in [4.69, 9.17) is 0 Å². The molecule has 1 saturated carbocycles. The third-order valence-electron chi connectivity index (χ3n) is 5.72.